The molecule has 0 amide bonds. The summed E-state index contributed by atoms with van der Waals surface area (Å²) in [7, 11) is 2.92. The zero-order chi connectivity index (χ0) is 11.6. The standard InChI is InChI=1S/C10H12NO4/c1-6-7(2)10(15-4)9(14-3)5-8(6)11(12)13/h5H,1H2,2-4H3. The lowest BCUT2D eigenvalue weighted by Gasteiger charge is -2.12. The summed E-state index contributed by atoms with van der Waals surface area (Å²) >= 11 is 0. The maximum absolute atomic E-state index is 10.7. The molecule has 1 rings (SSSR count). The molecule has 0 heterocycles. The van der Waals surface area contributed by atoms with Gasteiger partial charge in [0.15, 0.2) is 11.5 Å². The van der Waals surface area contributed by atoms with E-state index in [0.29, 0.717) is 22.6 Å². The maximum Gasteiger partial charge on any atom is 0.276 e. The normalized spacial score (nSPS) is 9.87. The maximum atomic E-state index is 10.7. The molecule has 0 bridgehead atoms. The second-order valence-electron chi connectivity index (χ2n) is 2.99. The third kappa shape index (κ3) is 1.86. The van der Waals surface area contributed by atoms with Gasteiger partial charge in [0.1, 0.15) is 0 Å². The molecule has 0 aliphatic heterocycles. The second-order valence-corrected chi connectivity index (χ2v) is 2.99. The van der Waals surface area contributed by atoms with E-state index < -0.39 is 4.92 Å². The summed E-state index contributed by atoms with van der Waals surface area (Å²) in [6.07, 6.45) is 0. The molecule has 0 spiro atoms. The fourth-order valence-electron chi connectivity index (χ4n) is 1.36. The summed E-state index contributed by atoms with van der Waals surface area (Å²) in [4.78, 5) is 10.2. The van der Waals surface area contributed by atoms with E-state index in [9.17, 15) is 10.1 Å². The fourth-order valence-corrected chi connectivity index (χ4v) is 1.36. The highest BCUT2D eigenvalue weighted by Crippen LogP contribution is 2.38. The Kier molecular flexibility index (Phi) is 3.14. The van der Waals surface area contributed by atoms with E-state index in [1.54, 1.807) is 6.92 Å². The van der Waals surface area contributed by atoms with Gasteiger partial charge in [0.05, 0.1) is 25.2 Å². The van der Waals surface area contributed by atoms with E-state index in [-0.39, 0.29) is 5.69 Å². The quantitative estimate of drug-likeness (QED) is 0.566. The van der Waals surface area contributed by atoms with Crippen molar-refractivity contribution in [3.05, 3.63) is 34.2 Å². The van der Waals surface area contributed by atoms with Crippen LogP contribution in [0.25, 0.3) is 0 Å². The summed E-state index contributed by atoms with van der Waals surface area (Å²) in [6, 6.07) is 1.31. The van der Waals surface area contributed by atoms with Gasteiger partial charge in [0.2, 0.25) is 0 Å². The largest absolute Gasteiger partial charge is 0.493 e. The summed E-state index contributed by atoms with van der Waals surface area (Å²) in [5.41, 5.74) is 0.895. The molecule has 0 aromatic heterocycles. The molecule has 1 radical (unpaired) electrons. The number of hydrogen-bond donors (Lipinski definition) is 0. The van der Waals surface area contributed by atoms with Crippen molar-refractivity contribution < 1.29 is 14.4 Å². The lowest BCUT2D eigenvalue weighted by Crippen LogP contribution is -1.99. The smallest absolute Gasteiger partial charge is 0.276 e. The van der Waals surface area contributed by atoms with Crippen molar-refractivity contribution in [2.24, 2.45) is 0 Å². The first kappa shape index (κ1) is 11.3. The van der Waals surface area contributed by atoms with Crippen molar-refractivity contribution in [1.82, 2.24) is 0 Å². The molecule has 0 saturated carbocycles. The van der Waals surface area contributed by atoms with Crippen molar-refractivity contribution >= 4 is 5.69 Å². The fraction of sp³-hybridized carbons (Fsp3) is 0.300. The van der Waals surface area contributed by atoms with Gasteiger partial charge in [-0.15, -0.1) is 0 Å². The van der Waals surface area contributed by atoms with Crippen LogP contribution in [-0.4, -0.2) is 19.1 Å². The molecule has 81 valence electrons. The molecule has 1 aromatic rings. The van der Waals surface area contributed by atoms with E-state index >= 15 is 0 Å². The van der Waals surface area contributed by atoms with Crippen LogP contribution >= 0.6 is 0 Å². The van der Waals surface area contributed by atoms with Crippen LogP contribution in [0.3, 0.4) is 0 Å². The predicted octanol–water partition coefficient (Wildman–Crippen LogP) is 2.10. The number of hydrogen-bond acceptors (Lipinski definition) is 4. The van der Waals surface area contributed by atoms with Crippen molar-refractivity contribution in [3.63, 3.8) is 0 Å². The third-order valence-electron chi connectivity index (χ3n) is 2.21. The molecule has 5 nitrogen and oxygen atoms in total. The molecule has 0 atom stereocenters. The Morgan fingerprint density at radius 1 is 1.40 bits per heavy atom. The molecule has 1 aromatic carbocycles. The third-order valence-corrected chi connectivity index (χ3v) is 2.21. The number of methoxy groups -OCH3 is 2. The number of nitro benzene ring substituents is 1. The Morgan fingerprint density at radius 2 is 2.00 bits per heavy atom. The number of benzene rings is 1. The molecule has 0 unspecified atom stereocenters. The van der Waals surface area contributed by atoms with E-state index in [2.05, 4.69) is 6.92 Å². The van der Waals surface area contributed by atoms with Crippen LogP contribution in [0.4, 0.5) is 5.69 Å². The zero-order valence-corrected chi connectivity index (χ0v) is 8.86. The summed E-state index contributed by atoms with van der Waals surface area (Å²) in [5, 5.41) is 10.7. The molecule has 0 N–H and O–H groups in total. The van der Waals surface area contributed by atoms with Crippen LogP contribution in [0.2, 0.25) is 0 Å². The summed E-state index contributed by atoms with van der Waals surface area (Å²) < 4.78 is 10.1. The van der Waals surface area contributed by atoms with Gasteiger partial charge in [-0.3, -0.25) is 10.1 Å². The van der Waals surface area contributed by atoms with Crippen LogP contribution in [0.15, 0.2) is 6.07 Å². The van der Waals surface area contributed by atoms with Gasteiger partial charge in [-0.25, -0.2) is 0 Å². The molecule has 0 saturated heterocycles. The Labute approximate surface area is 87.8 Å². The van der Waals surface area contributed by atoms with Gasteiger partial charge >= 0.3 is 0 Å². The van der Waals surface area contributed by atoms with Gasteiger partial charge < -0.3 is 9.47 Å². The Hall–Kier alpha value is -1.78. The molecule has 0 aliphatic rings. The monoisotopic (exact) mass is 210 g/mol. The van der Waals surface area contributed by atoms with Gasteiger partial charge in [-0.2, -0.15) is 0 Å². The van der Waals surface area contributed by atoms with E-state index in [1.807, 2.05) is 0 Å². The van der Waals surface area contributed by atoms with Crippen LogP contribution in [0, 0.1) is 24.0 Å². The van der Waals surface area contributed by atoms with Crippen LogP contribution in [-0.2, 0) is 0 Å². The first-order valence-electron chi connectivity index (χ1n) is 4.24. The zero-order valence-electron chi connectivity index (χ0n) is 8.86. The minimum absolute atomic E-state index is 0.0647. The summed E-state index contributed by atoms with van der Waals surface area (Å²) in [6.45, 7) is 5.35. The average Bonchev–Trinajstić information content (AvgIpc) is 2.21. The van der Waals surface area contributed by atoms with Gasteiger partial charge in [0.25, 0.3) is 5.69 Å². The average molecular weight is 210 g/mol. The first-order chi connectivity index (χ1) is 7.02. The molecular formula is C10H12NO4. The topological polar surface area (TPSA) is 61.6 Å². The highest BCUT2D eigenvalue weighted by Gasteiger charge is 2.20. The van der Waals surface area contributed by atoms with E-state index in [4.69, 9.17) is 9.47 Å². The first-order valence-corrected chi connectivity index (χ1v) is 4.24. The molecule has 15 heavy (non-hydrogen) atoms. The van der Waals surface area contributed by atoms with Crippen LogP contribution < -0.4 is 9.47 Å². The van der Waals surface area contributed by atoms with Gasteiger partial charge in [-0.1, -0.05) is 0 Å². The van der Waals surface area contributed by atoms with Gasteiger partial charge in [0, 0.05) is 11.1 Å². The van der Waals surface area contributed by atoms with Crippen LogP contribution in [0.1, 0.15) is 11.1 Å². The molecule has 0 fully saturated rings. The van der Waals surface area contributed by atoms with E-state index in [1.165, 1.54) is 20.3 Å². The molecule has 5 heteroatoms. The Bertz CT molecular complexity index is 401. The lowest BCUT2D eigenvalue weighted by molar-refractivity contribution is -0.385. The molecule has 0 aliphatic carbocycles. The van der Waals surface area contributed by atoms with Crippen molar-refractivity contribution in [3.8, 4) is 11.5 Å². The minimum atomic E-state index is -0.489. The minimum Gasteiger partial charge on any atom is -0.493 e. The highest BCUT2D eigenvalue weighted by atomic mass is 16.6. The van der Waals surface area contributed by atoms with Crippen molar-refractivity contribution in [1.29, 1.82) is 0 Å². The Balaban J connectivity index is 3.49. The highest BCUT2D eigenvalue weighted by molar-refractivity contribution is 5.60. The predicted molar refractivity (Wildman–Crippen MR) is 55.4 cm³/mol. The van der Waals surface area contributed by atoms with Crippen molar-refractivity contribution in [2.75, 3.05) is 14.2 Å². The van der Waals surface area contributed by atoms with Crippen molar-refractivity contribution in [2.45, 2.75) is 6.92 Å². The van der Waals surface area contributed by atoms with E-state index in [0.717, 1.165) is 0 Å². The number of ether oxygens (including phenoxy) is 2. The van der Waals surface area contributed by atoms with Crippen LogP contribution in [0.5, 0.6) is 11.5 Å². The second kappa shape index (κ2) is 4.16. The number of nitrogens with zero attached hydrogens (tertiary/aromatic N) is 1. The summed E-state index contributed by atoms with van der Waals surface area (Å²) in [5.74, 6) is 0.821. The Morgan fingerprint density at radius 3 is 2.40 bits per heavy atom. The lowest BCUT2D eigenvalue weighted by atomic mass is 10.1. The SMILES string of the molecule is [CH2]c1c([N+](=O)[O-])cc(OC)c(OC)c1C. The number of rotatable bonds is 3. The molecular weight excluding hydrogens is 198 g/mol. The van der Waals surface area contributed by atoms with Gasteiger partial charge in [-0.05, 0) is 13.8 Å². The number of nitro groups is 1.